The summed E-state index contributed by atoms with van der Waals surface area (Å²) in [5.41, 5.74) is -0.705. The molecule has 2 rings (SSSR count). The molecule has 2 fully saturated rings. The van der Waals surface area contributed by atoms with Gasteiger partial charge in [0, 0.05) is 19.5 Å². The summed E-state index contributed by atoms with van der Waals surface area (Å²) in [6.45, 7) is 6.92. The molecule has 2 heterocycles. The van der Waals surface area contributed by atoms with Crippen molar-refractivity contribution in [2.45, 2.75) is 38.6 Å². The van der Waals surface area contributed by atoms with E-state index in [1.54, 1.807) is 4.90 Å². The normalized spacial score (nSPS) is 27.1. The standard InChI is InChI=1S/C13H23N3O2/c1-13(2)12(18)15-7-8-16(13)11(17)4-3-10-5-6-14-9-10/h10,14H,3-9H2,1-2H3,(H,15,18). The van der Waals surface area contributed by atoms with Gasteiger partial charge < -0.3 is 15.5 Å². The predicted molar refractivity (Wildman–Crippen MR) is 69.0 cm³/mol. The Balaban J connectivity index is 1.89. The van der Waals surface area contributed by atoms with Gasteiger partial charge in [0.15, 0.2) is 0 Å². The summed E-state index contributed by atoms with van der Waals surface area (Å²) in [6, 6.07) is 0. The lowest BCUT2D eigenvalue weighted by atomic mass is 9.96. The maximum Gasteiger partial charge on any atom is 0.245 e. The van der Waals surface area contributed by atoms with E-state index < -0.39 is 5.54 Å². The Labute approximate surface area is 108 Å². The summed E-state index contributed by atoms with van der Waals surface area (Å²) in [7, 11) is 0. The smallest absolute Gasteiger partial charge is 0.245 e. The summed E-state index contributed by atoms with van der Waals surface area (Å²) >= 11 is 0. The molecule has 1 unspecified atom stereocenters. The zero-order chi connectivity index (χ0) is 13.2. The van der Waals surface area contributed by atoms with Crippen molar-refractivity contribution in [1.29, 1.82) is 0 Å². The number of carbonyl (C=O) groups excluding carboxylic acids is 2. The number of piperazine rings is 1. The zero-order valence-corrected chi connectivity index (χ0v) is 11.3. The summed E-state index contributed by atoms with van der Waals surface area (Å²) in [6.07, 6.45) is 2.65. The van der Waals surface area contributed by atoms with Crippen molar-refractivity contribution < 1.29 is 9.59 Å². The molecule has 2 N–H and O–H groups in total. The minimum Gasteiger partial charge on any atom is -0.352 e. The lowest BCUT2D eigenvalue weighted by Gasteiger charge is -2.41. The van der Waals surface area contributed by atoms with Crippen LogP contribution in [0.15, 0.2) is 0 Å². The van der Waals surface area contributed by atoms with Crippen molar-refractivity contribution in [3.63, 3.8) is 0 Å². The van der Waals surface area contributed by atoms with E-state index in [1.807, 2.05) is 13.8 Å². The molecule has 5 nitrogen and oxygen atoms in total. The number of hydrogen-bond donors (Lipinski definition) is 2. The number of carbonyl (C=O) groups is 2. The van der Waals surface area contributed by atoms with Gasteiger partial charge in [0.05, 0.1) is 0 Å². The van der Waals surface area contributed by atoms with E-state index in [1.165, 1.54) is 0 Å². The van der Waals surface area contributed by atoms with Crippen LogP contribution in [0.4, 0.5) is 0 Å². The van der Waals surface area contributed by atoms with Crippen LogP contribution in [0.1, 0.15) is 33.1 Å². The fourth-order valence-electron chi connectivity index (χ4n) is 2.76. The Morgan fingerprint density at radius 2 is 2.22 bits per heavy atom. The fourth-order valence-corrected chi connectivity index (χ4v) is 2.76. The molecule has 102 valence electrons. The van der Waals surface area contributed by atoms with Crippen LogP contribution in [-0.2, 0) is 9.59 Å². The third-order valence-corrected chi connectivity index (χ3v) is 4.08. The second kappa shape index (κ2) is 5.26. The van der Waals surface area contributed by atoms with E-state index in [-0.39, 0.29) is 11.8 Å². The maximum absolute atomic E-state index is 12.2. The highest BCUT2D eigenvalue weighted by Gasteiger charge is 2.40. The molecule has 1 atom stereocenters. The molecule has 0 aromatic carbocycles. The minimum absolute atomic E-state index is 0.0513. The Hall–Kier alpha value is -1.10. The van der Waals surface area contributed by atoms with Crippen molar-refractivity contribution in [3.05, 3.63) is 0 Å². The van der Waals surface area contributed by atoms with Gasteiger partial charge in [-0.15, -0.1) is 0 Å². The van der Waals surface area contributed by atoms with Crippen LogP contribution >= 0.6 is 0 Å². The zero-order valence-electron chi connectivity index (χ0n) is 11.3. The van der Waals surface area contributed by atoms with Gasteiger partial charge in [0.25, 0.3) is 0 Å². The molecule has 18 heavy (non-hydrogen) atoms. The van der Waals surface area contributed by atoms with Crippen molar-refractivity contribution in [2.75, 3.05) is 26.2 Å². The first-order chi connectivity index (χ1) is 8.51. The summed E-state index contributed by atoms with van der Waals surface area (Å²) in [4.78, 5) is 25.7. The monoisotopic (exact) mass is 253 g/mol. The molecule has 2 aliphatic rings. The van der Waals surface area contributed by atoms with Crippen LogP contribution in [0, 0.1) is 5.92 Å². The van der Waals surface area contributed by atoms with Gasteiger partial charge in [-0.3, -0.25) is 9.59 Å². The number of nitrogens with zero attached hydrogens (tertiary/aromatic N) is 1. The third kappa shape index (κ3) is 2.66. The Morgan fingerprint density at radius 1 is 1.44 bits per heavy atom. The largest absolute Gasteiger partial charge is 0.352 e. The van der Waals surface area contributed by atoms with Gasteiger partial charge in [-0.1, -0.05) is 0 Å². The van der Waals surface area contributed by atoms with Crippen LogP contribution in [0.2, 0.25) is 0 Å². The second-order valence-corrected chi connectivity index (χ2v) is 5.76. The fraction of sp³-hybridized carbons (Fsp3) is 0.846. The average Bonchev–Trinajstić information content (AvgIpc) is 2.82. The van der Waals surface area contributed by atoms with Gasteiger partial charge in [0.2, 0.25) is 11.8 Å². The highest BCUT2D eigenvalue weighted by atomic mass is 16.2. The van der Waals surface area contributed by atoms with Crippen LogP contribution in [0.5, 0.6) is 0 Å². The van der Waals surface area contributed by atoms with E-state index in [4.69, 9.17) is 0 Å². The van der Waals surface area contributed by atoms with E-state index in [0.29, 0.717) is 25.4 Å². The van der Waals surface area contributed by atoms with E-state index >= 15 is 0 Å². The van der Waals surface area contributed by atoms with E-state index in [0.717, 1.165) is 25.9 Å². The van der Waals surface area contributed by atoms with Gasteiger partial charge in [-0.05, 0) is 45.7 Å². The lowest BCUT2D eigenvalue weighted by Crippen LogP contribution is -2.63. The van der Waals surface area contributed by atoms with Gasteiger partial charge in [-0.2, -0.15) is 0 Å². The van der Waals surface area contributed by atoms with Crippen LogP contribution in [-0.4, -0.2) is 48.4 Å². The van der Waals surface area contributed by atoms with Crippen molar-refractivity contribution >= 4 is 11.8 Å². The van der Waals surface area contributed by atoms with Crippen LogP contribution in [0.3, 0.4) is 0 Å². The van der Waals surface area contributed by atoms with Gasteiger partial charge in [-0.25, -0.2) is 0 Å². The average molecular weight is 253 g/mol. The van der Waals surface area contributed by atoms with Gasteiger partial charge >= 0.3 is 0 Å². The first-order valence-corrected chi connectivity index (χ1v) is 6.81. The van der Waals surface area contributed by atoms with Crippen molar-refractivity contribution in [2.24, 2.45) is 5.92 Å². The summed E-state index contributed by atoms with van der Waals surface area (Å²) in [5.74, 6) is 0.682. The molecule has 0 bridgehead atoms. The highest BCUT2D eigenvalue weighted by molar-refractivity contribution is 5.91. The SMILES string of the molecule is CC1(C)C(=O)NCCN1C(=O)CCC1CCNC1. The number of hydrogen-bond acceptors (Lipinski definition) is 3. The molecule has 0 aliphatic carbocycles. The molecule has 0 spiro atoms. The number of amides is 2. The topological polar surface area (TPSA) is 61.4 Å². The Morgan fingerprint density at radius 3 is 2.89 bits per heavy atom. The van der Waals surface area contributed by atoms with Crippen LogP contribution < -0.4 is 10.6 Å². The third-order valence-electron chi connectivity index (χ3n) is 4.08. The van der Waals surface area contributed by atoms with Crippen molar-refractivity contribution in [3.8, 4) is 0 Å². The summed E-state index contributed by atoms with van der Waals surface area (Å²) in [5, 5.41) is 6.12. The van der Waals surface area contributed by atoms with Crippen molar-refractivity contribution in [1.82, 2.24) is 15.5 Å². The van der Waals surface area contributed by atoms with Gasteiger partial charge in [0.1, 0.15) is 5.54 Å². The molecule has 5 heteroatoms. The maximum atomic E-state index is 12.2. The highest BCUT2D eigenvalue weighted by Crippen LogP contribution is 2.21. The Kier molecular flexibility index (Phi) is 3.90. The quantitative estimate of drug-likeness (QED) is 0.750. The second-order valence-electron chi connectivity index (χ2n) is 5.76. The molecule has 2 saturated heterocycles. The first-order valence-electron chi connectivity index (χ1n) is 6.81. The molecule has 0 aromatic heterocycles. The minimum atomic E-state index is -0.705. The van der Waals surface area contributed by atoms with E-state index in [2.05, 4.69) is 10.6 Å². The molecule has 0 radical (unpaired) electrons. The number of rotatable bonds is 3. The number of nitrogens with one attached hydrogen (secondary N) is 2. The molecule has 2 aliphatic heterocycles. The molecular formula is C13H23N3O2. The van der Waals surface area contributed by atoms with Crippen LogP contribution in [0.25, 0.3) is 0 Å². The first kappa shape index (κ1) is 13.3. The predicted octanol–water partition coefficient (Wildman–Crippen LogP) is 0.113. The molecule has 0 saturated carbocycles. The molecule has 2 amide bonds. The molecular weight excluding hydrogens is 230 g/mol. The molecule has 0 aromatic rings. The Bertz CT molecular complexity index is 335. The van der Waals surface area contributed by atoms with E-state index in [9.17, 15) is 9.59 Å². The lowest BCUT2D eigenvalue weighted by molar-refractivity contribution is -0.149. The summed E-state index contributed by atoms with van der Waals surface area (Å²) < 4.78 is 0.